The monoisotopic (exact) mass is 198 g/mol. The average Bonchev–Trinajstić information content (AvgIpc) is 2.04. The van der Waals surface area contributed by atoms with Gasteiger partial charge in [-0.1, -0.05) is 0 Å². The van der Waals surface area contributed by atoms with Gasteiger partial charge in [0, 0.05) is 0 Å². The van der Waals surface area contributed by atoms with Crippen LogP contribution in [0, 0.1) is 0 Å². The summed E-state index contributed by atoms with van der Waals surface area (Å²) in [5.74, 6) is 0. The van der Waals surface area contributed by atoms with Crippen LogP contribution in [0.4, 0.5) is 13.2 Å². The van der Waals surface area contributed by atoms with E-state index in [2.05, 4.69) is 0 Å². The van der Waals surface area contributed by atoms with E-state index >= 15 is 0 Å². The number of carbonyl (C=O) groups excluding carboxylic acids is 1. The summed E-state index contributed by atoms with van der Waals surface area (Å²) in [4.78, 5) is 11.0. The summed E-state index contributed by atoms with van der Waals surface area (Å²) < 4.78 is 28.8. The number of urea groups is 1. The molecule has 0 aromatic carbocycles. The second-order valence-corrected chi connectivity index (χ2v) is 6.49. The van der Waals surface area contributed by atoms with Crippen LogP contribution >= 0.6 is 7.53 Å². The molecule has 0 aliphatic carbocycles. The first-order valence-corrected chi connectivity index (χ1v) is 5.99. The Morgan fingerprint density at radius 2 is 1.92 bits per heavy atom. The first kappa shape index (κ1) is 9.65. The van der Waals surface area contributed by atoms with E-state index in [4.69, 9.17) is 0 Å². The Balaban J connectivity index is 2.99. The third kappa shape index (κ3) is 0.802. The van der Waals surface area contributed by atoms with Crippen LogP contribution in [0.25, 0.3) is 0 Å². The van der Waals surface area contributed by atoms with Crippen molar-refractivity contribution in [2.45, 2.75) is 13.8 Å². The Bertz CT molecular complexity index is 234. The van der Waals surface area contributed by atoms with Crippen molar-refractivity contribution in [3.8, 4) is 0 Å². The summed E-state index contributed by atoms with van der Waals surface area (Å²) in [5, 5.41) is 0. The molecule has 12 heavy (non-hydrogen) atoms. The molecular weight excluding hydrogens is 185 g/mol. The molecule has 0 N–H and O–H groups in total. The molecule has 1 fully saturated rings. The molecule has 1 saturated heterocycles. The van der Waals surface area contributed by atoms with Gasteiger partial charge in [-0.3, -0.25) is 0 Å². The molecule has 0 radical (unpaired) electrons. The Morgan fingerprint density at radius 3 is 2.17 bits per heavy atom. The molecule has 1 aliphatic heterocycles. The third-order valence-electron chi connectivity index (χ3n) is 2.35. The van der Waals surface area contributed by atoms with E-state index in [0.29, 0.717) is 9.34 Å². The van der Waals surface area contributed by atoms with Gasteiger partial charge in [-0.15, -0.1) is 0 Å². The van der Waals surface area contributed by atoms with Crippen molar-refractivity contribution >= 4 is 13.6 Å². The summed E-state index contributed by atoms with van der Waals surface area (Å²) in [6.07, 6.45) is -0.248. The molecule has 0 saturated carbocycles. The van der Waals surface area contributed by atoms with Crippen molar-refractivity contribution in [3.63, 3.8) is 0 Å². The predicted octanol–water partition coefficient (Wildman–Crippen LogP) is 2.55. The molecule has 6 heteroatoms. The molecule has 0 unspecified atom stereocenters. The number of amides is 2. The standard InChI is InChI=1S/C6H13F2N2OP/c1-4-10-6(11)9(3)12(10,7,8)5-2/h4-5H2,1-3H3. The summed E-state index contributed by atoms with van der Waals surface area (Å²) in [5.41, 5.74) is 0. The van der Waals surface area contributed by atoms with Crippen LogP contribution in [0.3, 0.4) is 0 Å². The number of halogens is 2. The van der Waals surface area contributed by atoms with Gasteiger partial charge in [0.15, 0.2) is 0 Å². The Labute approximate surface area is 70.6 Å². The Hall–Kier alpha value is -0.440. The SMILES string of the molecule is CCN1C(=O)N(C)P1(F)(F)CC. The van der Waals surface area contributed by atoms with E-state index in [1.54, 1.807) is 6.92 Å². The number of nitrogens with zero attached hydrogens (tertiary/aromatic N) is 2. The van der Waals surface area contributed by atoms with Crippen molar-refractivity contribution in [2.24, 2.45) is 0 Å². The number of hydrogen-bond acceptors (Lipinski definition) is 1. The quantitative estimate of drug-likeness (QED) is 0.625. The van der Waals surface area contributed by atoms with E-state index in [9.17, 15) is 13.2 Å². The van der Waals surface area contributed by atoms with Gasteiger partial charge in [0.25, 0.3) is 0 Å². The number of hydrogen-bond donors (Lipinski definition) is 0. The predicted molar refractivity (Wildman–Crippen MR) is 45.2 cm³/mol. The first-order valence-electron chi connectivity index (χ1n) is 3.88. The fraction of sp³-hybridized carbons (Fsp3) is 0.833. The van der Waals surface area contributed by atoms with Gasteiger partial charge in [-0.05, 0) is 0 Å². The van der Waals surface area contributed by atoms with Gasteiger partial charge in [0.1, 0.15) is 0 Å². The van der Waals surface area contributed by atoms with E-state index in [1.807, 2.05) is 0 Å². The average molecular weight is 198 g/mol. The van der Waals surface area contributed by atoms with Crippen LogP contribution in [0.1, 0.15) is 13.8 Å². The molecule has 0 bridgehead atoms. The van der Waals surface area contributed by atoms with Crippen molar-refractivity contribution < 1.29 is 13.2 Å². The van der Waals surface area contributed by atoms with Crippen molar-refractivity contribution in [3.05, 3.63) is 0 Å². The fourth-order valence-corrected chi connectivity index (χ4v) is 3.81. The van der Waals surface area contributed by atoms with Gasteiger partial charge in [0.05, 0.1) is 0 Å². The second kappa shape index (κ2) is 2.28. The maximum atomic E-state index is 13.7. The van der Waals surface area contributed by atoms with Crippen LogP contribution in [-0.4, -0.2) is 35.1 Å². The van der Waals surface area contributed by atoms with Crippen LogP contribution in [0.2, 0.25) is 0 Å². The van der Waals surface area contributed by atoms with E-state index in [0.717, 1.165) is 0 Å². The zero-order valence-corrected chi connectivity index (χ0v) is 8.31. The minimum absolute atomic E-state index is 0.0990. The summed E-state index contributed by atoms with van der Waals surface area (Å²) >= 11 is 0. The maximum absolute atomic E-state index is 13.7. The molecular formula is C6H13F2N2OP. The van der Waals surface area contributed by atoms with Gasteiger partial charge in [-0.2, -0.15) is 0 Å². The van der Waals surface area contributed by atoms with Gasteiger partial charge >= 0.3 is 69.7 Å². The Morgan fingerprint density at radius 1 is 1.42 bits per heavy atom. The molecule has 3 nitrogen and oxygen atoms in total. The zero-order chi connectivity index (χ0) is 9.59. The molecule has 2 amide bonds. The van der Waals surface area contributed by atoms with Gasteiger partial charge in [0.2, 0.25) is 0 Å². The third-order valence-corrected chi connectivity index (χ3v) is 6.09. The molecule has 0 atom stereocenters. The number of rotatable bonds is 2. The van der Waals surface area contributed by atoms with Crippen LogP contribution in [0.15, 0.2) is 0 Å². The van der Waals surface area contributed by atoms with E-state index in [1.165, 1.54) is 14.0 Å². The van der Waals surface area contributed by atoms with Crippen molar-refractivity contribution in [1.82, 2.24) is 9.34 Å². The first-order chi connectivity index (χ1) is 5.37. The summed E-state index contributed by atoms with van der Waals surface area (Å²) in [6.45, 7) is 3.09. The fourth-order valence-electron chi connectivity index (χ4n) is 1.41. The second-order valence-electron chi connectivity index (χ2n) is 2.82. The molecule has 0 spiro atoms. The topological polar surface area (TPSA) is 23.6 Å². The van der Waals surface area contributed by atoms with E-state index in [-0.39, 0.29) is 12.7 Å². The van der Waals surface area contributed by atoms with Crippen LogP contribution < -0.4 is 0 Å². The molecule has 72 valence electrons. The molecule has 0 aromatic rings. The summed E-state index contributed by atoms with van der Waals surface area (Å²) in [7, 11) is -3.74. The van der Waals surface area contributed by atoms with Crippen molar-refractivity contribution in [2.75, 3.05) is 19.8 Å². The normalized spacial score (nSPS) is 29.1. The number of carbonyl (C=O) groups is 1. The summed E-state index contributed by atoms with van der Waals surface area (Å²) in [6, 6.07) is -0.554. The van der Waals surface area contributed by atoms with E-state index < -0.39 is 13.6 Å². The van der Waals surface area contributed by atoms with Gasteiger partial charge in [-0.25, -0.2) is 0 Å². The molecule has 1 aliphatic rings. The van der Waals surface area contributed by atoms with Crippen LogP contribution in [0.5, 0.6) is 0 Å². The zero-order valence-electron chi connectivity index (χ0n) is 7.42. The Kier molecular flexibility index (Phi) is 1.84. The van der Waals surface area contributed by atoms with Crippen LogP contribution in [-0.2, 0) is 0 Å². The van der Waals surface area contributed by atoms with Gasteiger partial charge < -0.3 is 0 Å². The minimum atomic E-state index is -4.92. The molecule has 1 heterocycles. The molecule has 0 aromatic heterocycles. The van der Waals surface area contributed by atoms with Crippen molar-refractivity contribution in [1.29, 1.82) is 0 Å². The molecule has 1 rings (SSSR count).